The average molecular weight is 857 g/mol. The molecule has 2 aliphatic rings. The maximum Gasteiger partial charge on any atom is 0.378 e. The van der Waals surface area contributed by atoms with Crippen LogP contribution in [0.1, 0.15) is 50.7 Å². The van der Waals surface area contributed by atoms with Crippen LogP contribution in [0, 0.1) is 0 Å². The molecule has 2 amide bonds. The number of ether oxygens (including phenoxy) is 2. The van der Waals surface area contributed by atoms with Crippen molar-refractivity contribution >= 4 is 57.7 Å². The minimum absolute atomic E-state index is 0.102. The number of thiazole rings is 1. The summed E-state index contributed by atoms with van der Waals surface area (Å²) in [5.74, 6) is -3.37. The number of oxime groups is 1. The Morgan fingerprint density at radius 1 is 0.836 bits per heavy atom. The number of thioether (sulfide) groups is 1. The van der Waals surface area contributed by atoms with Crippen molar-refractivity contribution in [2.75, 3.05) is 18.6 Å². The molecule has 2 aliphatic heterocycles. The summed E-state index contributed by atoms with van der Waals surface area (Å²) in [6.45, 7) is -0.324. The van der Waals surface area contributed by atoms with Gasteiger partial charge in [0.1, 0.15) is 29.9 Å². The van der Waals surface area contributed by atoms with Gasteiger partial charge in [-0.25, -0.2) is 14.6 Å². The van der Waals surface area contributed by atoms with Gasteiger partial charge < -0.3 is 29.9 Å². The number of nitrogens with two attached hydrogens (primary N) is 1. The molecule has 1 unspecified atom stereocenters. The minimum Gasteiger partial charge on any atom is -0.448 e. The molecule has 0 aliphatic carbocycles. The molecule has 3 N–H and O–H groups in total. The maximum atomic E-state index is 14.6. The van der Waals surface area contributed by atoms with Crippen LogP contribution in [0.25, 0.3) is 0 Å². The number of anilines is 1. The third-order valence-electron chi connectivity index (χ3n) is 9.79. The molecule has 0 bridgehead atoms. The summed E-state index contributed by atoms with van der Waals surface area (Å²) in [6, 6.07) is 36.4. The summed E-state index contributed by atoms with van der Waals surface area (Å²) in [6.07, 6.45) is -1.68. The second kappa shape index (κ2) is 17.9. The molecule has 0 radical (unpaired) electrons. The van der Waals surface area contributed by atoms with Gasteiger partial charge >= 0.3 is 11.9 Å². The molecule has 17 heteroatoms. The molecule has 4 aromatic carbocycles. The number of aromatic nitrogens is 2. The van der Waals surface area contributed by atoms with E-state index in [-0.39, 0.29) is 40.3 Å². The largest absolute Gasteiger partial charge is 0.448 e. The number of nitrogens with zero attached hydrogens (tertiary/aromatic N) is 4. The van der Waals surface area contributed by atoms with Gasteiger partial charge in [-0.2, -0.15) is 4.74 Å². The van der Waals surface area contributed by atoms with Crippen LogP contribution in [0.2, 0.25) is 0 Å². The van der Waals surface area contributed by atoms with Gasteiger partial charge in [-0.1, -0.05) is 126 Å². The molecule has 4 heterocycles. The molecule has 15 nitrogen and oxygen atoms in total. The van der Waals surface area contributed by atoms with E-state index in [4.69, 9.17) is 24.6 Å². The van der Waals surface area contributed by atoms with Crippen LogP contribution in [0.4, 0.5) is 5.13 Å². The zero-order chi connectivity index (χ0) is 42.5. The summed E-state index contributed by atoms with van der Waals surface area (Å²) < 4.78 is 18.9. The van der Waals surface area contributed by atoms with E-state index in [2.05, 4.69) is 15.5 Å². The Morgan fingerprint density at radius 2 is 1.36 bits per heavy atom. The second-order valence-corrected chi connectivity index (χ2v) is 15.7. The Labute approximate surface area is 356 Å². The van der Waals surface area contributed by atoms with E-state index in [0.29, 0.717) is 27.8 Å². The van der Waals surface area contributed by atoms with Crippen molar-refractivity contribution in [1.82, 2.24) is 19.9 Å². The van der Waals surface area contributed by atoms with Gasteiger partial charge in [0.2, 0.25) is 5.76 Å². The number of rotatable bonds is 14. The predicted octanol–water partition coefficient (Wildman–Crippen LogP) is 5.46. The summed E-state index contributed by atoms with van der Waals surface area (Å²) in [5.41, 5.74) is 7.99. The van der Waals surface area contributed by atoms with Gasteiger partial charge in [0, 0.05) is 11.1 Å². The number of hydrogen-bond donors (Lipinski definition) is 2. The fourth-order valence-electron chi connectivity index (χ4n) is 6.95. The third-order valence-corrected chi connectivity index (χ3v) is 11.8. The Kier molecular flexibility index (Phi) is 11.9. The van der Waals surface area contributed by atoms with E-state index in [0.717, 1.165) is 22.1 Å². The van der Waals surface area contributed by atoms with Gasteiger partial charge in [-0.3, -0.25) is 19.3 Å². The molecule has 6 aromatic rings. The molecule has 308 valence electrons. The van der Waals surface area contributed by atoms with Gasteiger partial charge in [-0.05, 0) is 27.8 Å². The quantitative estimate of drug-likeness (QED) is 0.0608. The number of benzene rings is 4. The maximum absolute atomic E-state index is 14.6. The highest BCUT2D eigenvalue weighted by Crippen LogP contribution is 2.42. The molecule has 2 atom stereocenters. The van der Waals surface area contributed by atoms with Crippen molar-refractivity contribution in [2.24, 2.45) is 5.16 Å². The van der Waals surface area contributed by atoms with Crippen molar-refractivity contribution in [1.29, 1.82) is 0 Å². The lowest BCUT2D eigenvalue weighted by Crippen LogP contribution is -2.71. The molecule has 0 saturated carbocycles. The first-order chi connectivity index (χ1) is 29.7. The van der Waals surface area contributed by atoms with Gasteiger partial charge in [0.25, 0.3) is 17.4 Å². The van der Waals surface area contributed by atoms with Crippen LogP contribution in [0.3, 0.4) is 0 Å². The fourth-order valence-corrected chi connectivity index (χ4v) is 8.83. The van der Waals surface area contributed by atoms with E-state index >= 15 is 0 Å². The highest BCUT2D eigenvalue weighted by atomic mass is 32.2. The number of nitrogens with one attached hydrogen (secondary N) is 1. The highest BCUT2D eigenvalue weighted by Gasteiger charge is 2.55. The topological polar surface area (TPSA) is 198 Å². The highest BCUT2D eigenvalue weighted by molar-refractivity contribution is 8.00. The predicted molar refractivity (Wildman–Crippen MR) is 226 cm³/mol. The molecule has 2 aromatic heterocycles. The zero-order valence-electron chi connectivity index (χ0n) is 32.3. The Balaban J connectivity index is 1.10. The Bertz CT molecular complexity index is 2610. The molecule has 1 fully saturated rings. The van der Waals surface area contributed by atoms with Crippen molar-refractivity contribution in [2.45, 2.75) is 30.2 Å². The Hall–Kier alpha value is -7.24. The standard InChI is InChI=1S/C44H36N6O9S2/c1-56-48-34(31-25-61-44(45)46-31)39(52)47-35-40(53)50-36(43(55)58-38(28-18-10-4-11-19-28)29-20-12-5-13-21-29)30(24-60-41(35)50)23-49-33(51)22-32(59-49)42(54)57-37(26-14-6-2-7-15-26)27-16-8-3-9-17-27/h2-22,25,35,37-38,41H,23-24H2,1H3,(H2,45,46)(H,47,52)/b48-34-/t35?,41-/m1/s1. The molecule has 1 saturated heterocycles. The first-order valence-corrected chi connectivity index (χ1v) is 20.8. The number of hydrogen-bond acceptors (Lipinski definition) is 14. The monoisotopic (exact) mass is 856 g/mol. The lowest BCUT2D eigenvalue weighted by atomic mass is 10.0. The van der Waals surface area contributed by atoms with Crippen molar-refractivity contribution in [3.05, 3.63) is 188 Å². The average Bonchev–Trinajstić information content (AvgIpc) is 3.90. The minimum atomic E-state index is -1.09. The number of amides is 2. The first-order valence-electron chi connectivity index (χ1n) is 18.8. The van der Waals surface area contributed by atoms with Crippen LogP contribution >= 0.6 is 23.1 Å². The summed E-state index contributed by atoms with van der Waals surface area (Å²) in [7, 11) is 1.26. The second-order valence-electron chi connectivity index (χ2n) is 13.7. The van der Waals surface area contributed by atoms with Gasteiger partial charge in [-0.15, -0.1) is 23.1 Å². The molecular weight excluding hydrogens is 821 g/mol. The normalized spacial score (nSPS) is 16.2. The van der Waals surface area contributed by atoms with Gasteiger partial charge in [0.05, 0.1) is 12.6 Å². The van der Waals surface area contributed by atoms with Crippen molar-refractivity contribution < 1.29 is 38.0 Å². The smallest absolute Gasteiger partial charge is 0.378 e. The van der Waals surface area contributed by atoms with Crippen LogP contribution < -0.4 is 16.6 Å². The number of carbonyl (C=O) groups excluding carboxylic acids is 4. The van der Waals surface area contributed by atoms with Crippen LogP contribution in [-0.4, -0.2) is 68.4 Å². The summed E-state index contributed by atoms with van der Waals surface area (Å²) in [4.78, 5) is 79.5. The van der Waals surface area contributed by atoms with Crippen LogP contribution in [0.5, 0.6) is 0 Å². The summed E-state index contributed by atoms with van der Waals surface area (Å²) >= 11 is 2.35. The number of β-lactam (4-membered cyclic amide) rings is 1. The van der Waals surface area contributed by atoms with Crippen molar-refractivity contribution in [3.63, 3.8) is 0 Å². The lowest BCUT2D eigenvalue weighted by molar-refractivity contribution is -0.154. The van der Waals surface area contributed by atoms with E-state index in [1.54, 1.807) is 0 Å². The van der Waals surface area contributed by atoms with Gasteiger partial charge in [0.15, 0.2) is 23.1 Å². The number of fused-ring (bicyclic) bond motifs is 1. The molecule has 61 heavy (non-hydrogen) atoms. The molecule has 0 spiro atoms. The van der Waals surface area contributed by atoms with E-state index < -0.39 is 52.9 Å². The van der Waals surface area contributed by atoms with Crippen molar-refractivity contribution in [3.8, 4) is 0 Å². The molecule has 8 rings (SSSR count). The van der Waals surface area contributed by atoms with Crippen LogP contribution in [0.15, 0.2) is 159 Å². The number of esters is 2. The van der Waals surface area contributed by atoms with E-state index in [9.17, 15) is 24.0 Å². The SMILES string of the molecule is CO/N=C(\C(=O)NC1C(=O)N2C(C(=O)OC(c3ccccc3)c3ccccc3)=C(Cn3oc(C(=O)OC(c4ccccc4)c4ccccc4)cc3=O)CS[C@H]12)c1csc(N)n1. The van der Waals surface area contributed by atoms with E-state index in [1.807, 2.05) is 121 Å². The van der Waals surface area contributed by atoms with Crippen LogP contribution in [-0.2, 0) is 35.2 Å². The number of nitrogen functional groups attached to an aromatic ring is 1. The summed E-state index contributed by atoms with van der Waals surface area (Å²) in [5, 5.41) is 7.49. The Morgan fingerprint density at radius 3 is 1.85 bits per heavy atom. The third kappa shape index (κ3) is 8.60. The fraction of sp³-hybridized carbons (Fsp3) is 0.159. The zero-order valence-corrected chi connectivity index (χ0v) is 33.9. The van der Waals surface area contributed by atoms with E-state index in [1.165, 1.54) is 29.2 Å². The number of carbonyl (C=O) groups is 4. The lowest BCUT2D eigenvalue weighted by Gasteiger charge is -2.49. The molecular formula is C44H36N6O9S2. The first kappa shape index (κ1) is 40.5.